The van der Waals surface area contributed by atoms with Crippen LogP contribution in [0.3, 0.4) is 0 Å². The van der Waals surface area contributed by atoms with Gasteiger partial charge in [0.05, 0.1) is 37.5 Å². The minimum absolute atomic E-state index is 0.0610. The monoisotopic (exact) mass is 791 g/mol. The molecule has 1 aromatic heterocycles. The van der Waals surface area contributed by atoms with Gasteiger partial charge in [0, 0.05) is 16.8 Å². The summed E-state index contributed by atoms with van der Waals surface area (Å²) in [5.41, 5.74) is 0.0587. The molecule has 1 amide bonds. The number of nitrogens with zero attached hydrogens (tertiary/aromatic N) is 1. The molecule has 1 heterocycles. The lowest BCUT2D eigenvalue weighted by Crippen LogP contribution is -2.28. The first-order valence-corrected chi connectivity index (χ1v) is 21.2. The molecule has 1 atom stereocenters. The van der Waals surface area contributed by atoms with Crippen LogP contribution >= 0.6 is 18.9 Å². The minimum atomic E-state index is -4.62. The number of ether oxygens (including phenoxy) is 4. The number of rotatable bonds is 22. The quantitative estimate of drug-likeness (QED) is 0.0534. The van der Waals surface area contributed by atoms with Crippen LogP contribution in [0.15, 0.2) is 58.8 Å². The van der Waals surface area contributed by atoms with E-state index < -0.39 is 29.7 Å². The van der Waals surface area contributed by atoms with E-state index in [9.17, 15) is 27.1 Å². The molecule has 1 unspecified atom stereocenters. The number of fused-ring (bicyclic) bond motifs is 1. The smallest absolute Gasteiger partial charge is 0.391 e. The molecule has 53 heavy (non-hydrogen) atoms. The van der Waals surface area contributed by atoms with Crippen LogP contribution in [0.1, 0.15) is 68.8 Å². The molecule has 0 aliphatic carbocycles. The third-order valence-corrected chi connectivity index (χ3v) is 11.7. The number of sulfonamides is 1. The number of benzene rings is 3. The summed E-state index contributed by atoms with van der Waals surface area (Å²) in [6.07, 6.45) is 3.28. The van der Waals surface area contributed by atoms with Gasteiger partial charge in [-0.05, 0) is 61.0 Å². The molecule has 17 heteroatoms. The van der Waals surface area contributed by atoms with Crippen LogP contribution in [0, 0.1) is 17.1 Å². The Bertz CT molecular complexity index is 2070. The molecule has 0 saturated heterocycles. The van der Waals surface area contributed by atoms with Gasteiger partial charge in [-0.15, -0.1) is 11.3 Å². The van der Waals surface area contributed by atoms with E-state index in [1.165, 1.54) is 6.07 Å². The van der Waals surface area contributed by atoms with Gasteiger partial charge in [-0.2, -0.15) is 9.98 Å². The van der Waals surface area contributed by atoms with Crippen LogP contribution < -0.4 is 33.5 Å². The third-order valence-electron chi connectivity index (χ3n) is 7.42. The van der Waals surface area contributed by atoms with Crippen LogP contribution in [0.4, 0.5) is 4.39 Å². The summed E-state index contributed by atoms with van der Waals surface area (Å²) >= 11 is 0.897. The predicted octanol–water partition coefficient (Wildman–Crippen LogP) is 7.37. The fraction of sp³-hybridized carbons (Fsp3) is 0.389. The number of amides is 1. The molecule has 13 nitrogen and oxygen atoms in total. The number of carbonyl (C=O) groups is 1. The first-order valence-electron chi connectivity index (χ1n) is 17.1. The van der Waals surface area contributed by atoms with E-state index in [1.807, 2.05) is 6.92 Å². The van der Waals surface area contributed by atoms with E-state index in [4.69, 9.17) is 28.7 Å². The molecule has 4 aromatic rings. The second-order valence-corrected chi connectivity index (χ2v) is 16.5. The Morgan fingerprint density at radius 3 is 2.30 bits per heavy atom. The van der Waals surface area contributed by atoms with Crippen molar-refractivity contribution in [2.75, 3.05) is 39.3 Å². The maximum Gasteiger partial charge on any atom is 0.391 e. The molecule has 286 valence electrons. The Morgan fingerprint density at radius 1 is 0.906 bits per heavy atom. The number of para-hydroxylation sites is 1. The van der Waals surface area contributed by atoms with E-state index >= 15 is 0 Å². The second kappa shape index (κ2) is 19.6. The Labute approximate surface area is 312 Å². The molecule has 3 N–H and O–H groups in total. The van der Waals surface area contributed by atoms with Gasteiger partial charge in [0.1, 0.15) is 34.7 Å². The van der Waals surface area contributed by atoms with Gasteiger partial charge < -0.3 is 33.7 Å². The number of hydrogen-bond donors (Lipinski definition) is 3. The Balaban J connectivity index is 1.43. The SMILES string of the molecule is CCCCOc1cccc(C(=O)NCCOc2cc3sc(S(=O)(=O)NCP(=O)(O)Oc4ccc(C#N)c(F)c4)cc3cc2OCCC)c1OCCCC. The summed E-state index contributed by atoms with van der Waals surface area (Å²) in [5.74, 6) is -0.0593. The topological polar surface area (TPSA) is 183 Å². The van der Waals surface area contributed by atoms with Crippen molar-refractivity contribution in [3.8, 4) is 34.8 Å². The van der Waals surface area contributed by atoms with E-state index in [0.29, 0.717) is 64.9 Å². The largest absolute Gasteiger partial charge is 0.490 e. The van der Waals surface area contributed by atoms with Crippen LogP contribution in [-0.2, 0) is 14.6 Å². The molecule has 0 aliphatic heterocycles. The molecule has 0 radical (unpaired) electrons. The van der Waals surface area contributed by atoms with Crippen molar-refractivity contribution >= 4 is 44.9 Å². The van der Waals surface area contributed by atoms with Gasteiger partial charge >= 0.3 is 7.60 Å². The van der Waals surface area contributed by atoms with E-state index in [1.54, 1.807) is 36.4 Å². The maximum absolute atomic E-state index is 13.9. The second-order valence-electron chi connectivity index (χ2n) is 11.7. The van der Waals surface area contributed by atoms with E-state index in [2.05, 4.69) is 23.9 Å². The lowest BCUT2D eigenvalue weighted by molar-refractivity contribution is 0.0941. The van der Waals surface area contributed by atoms with Gasteiger partial charge in [0.25, 0.3) is 15.9 Å². The molecular weight excluding hydrogens is 749 g/mol. The highest BCUT2D eigenvalue weighted by molar-refractivity contribution is 7.92. The summed E-state index contributed by atoms with van der Waals surface area (Å²) in [4.78, 5) is 23.5. The summed E-state index contributed by atoms with van der Waals surface area (Å²) < 4.78 is 84.0. The van der Waals surface area contributed by atoms with Crippen molar-refractivity contribution in [1.82, 2.24) is 10.0 Å². The normalized spacial score (nSPS) is 12.5. The third kappa shape index (κ3) is 11.8. The number of carbonyl (C=O) groups excluding carboxylic acids is 1. The molecule has 0 saturated carbocycles. The maximum atomic E-state index is 13.9. The zero-order valence-corrected chi connectivity index (χ0v) is 32.2. The van der Waals surface area contributed by atoms with Crippen molar-refractivity contribution < 1.29 is 50.5 Å². The lowest BCUT2D eigenvalue weighted by Gasteiger charge is -2.17. The molecule has 0 spiro atoms. The van der Waals surface area contributed by atoms with Gasteiger partial charge in [-0.3, -0.25) is 4.79 Å². The Kier molecular flexibility index (Phi) is 15.3. The average molecular weight is 792 g/mol. The first kappa shape index (κ1) is 41.4. The summed E-state index contributed by atoms with van der Waals surface area (Å²) in [6, 6.07) is 14.4. The van der Waals surface area contributed by atoms with Crippen molar-refractivity contribution in [2.24, 2.45) is 0 Å². The average Bonchev–Trinajstić information content (AvgIpc) is 3.56. The molecule has 0 fully saturated rings. The van der Waals surface area contributed by atoms with Crippen molar-refractivity contribution in [3.05, 3.63) is 71.5 Å². The number of nitrogens with one attached hydrogen (secondary N) is 2. The first-order chi connectivity index (χ1) is 25.4. The Morgan fingerprint density at radius 2 is 1.60 bits per heavy atom. The predicted molar refractivity (Wildman–Crippen MR) is 199 cm³/mol. The minimum Gasteiger partial charge on any atom is -0.490 e. The van der Waals surface area contributed by atoms with Gasteiger partial charge in [0.15, 0.2) is 23.0 Å². The molecule has 3 aromatic carbocycles. The van der Waals surface area contributed by atoms with E-state index in [0.717, 1.165) is 55.2 Å². The number of nitriles is 1. The van der Waals surface area contributed by atoms with Crippen LogP contribution in [-0.4, -0.2) is 58.5 Å². The zero-order chi connectivity index (χ0) is 38.4. The van der Waals surface area contributed by atoms with E-state index in [-0.39, 0.29) is 34.6 Å². The van der Waals surface area contributed by atoms with Crippen molar-refractivity contribution in [3.63, 3.8) is 0 Å². The zero-order valence-electron chi connectivity index (χ0n) is 29.7. The number of unbranched alkanes of at least 4 members (excludes halogenated alkanes) is 2. The number of halogens is 1. The lowest BCUT2D eigenvalue weighted by atomic mass is 10.1. The van der Waals surface area contributed by atoms with Crippen LogP contribution in [0.2, 0.25) is 0 Å². The van der Waals surface area contributed by atoms with Crippen LogP contribution in [0.5, 0.6) is 28.7 Å². The standard InChI is InChI=1S/C36H43FN3O10PS2/c1-4-7-16-47-30-11-9-10-28(35(30)49-17-8-5-2)36(41)39-14-18-48-32-22-33-26(19-31(32)46-15-6-3)20-34(52-33)53(44,45)40-24-51(42,43)50-27-13-12-25(23-38)29(37)21-27/h9-13,19-22,40H,4-8,14-18,24H2,1-3H3,(H,39,41)(H,42,43). The number of hydrogen-bond acceptors (Lipinski definition) is 11. The molecule has 4 rings (SSSR count). The Hall–Kier alpha value is -4.39. The van der Waals surface area contributed by atoms with Gasteiger partial charge in [-0.1, -0.05) is 39.7 Å². The molecular formula is C36H43FN3O10PS2. The van der Waals surface area contributed by atoms with Gasteiger partial charge in [0.2, 0.25) is 0 Å². The molecule has 0 bridgehead atoms. The number of thiophene rings is 1. The fourth-order valence-corrected chi connectivity index (χ4v) is 8.65. The van der Waals surface area contributed by atoms with Crippen molar-refractivity contribution in [2.45, 2.75) is 57.1 Å². The molecule has 0 aliphatic rings. The highest BCUT2D eigenvalue weighted by atomic mass is 32.2. The highest BCUT2D eigenvalue weighted by Gasteiger charge is 2.27. The van der Waals surface area contributed by atoms with Crippen molar-refractivity contribution in [1.29, 1.82) is 5.26 Å². The van der Waals surface area contributed by atoms with Gasteiger partial charge in [-0.25, -0.2) is 17.4 Å². The summed E-state index contributed by atoms with van der Waals surface area (Å²) in [5, 5.41) is 12.2. The fourth-order valence-electron chi connectivity index (χ4n) is 4.69. The summed E-state index contributed by atoms with van der Waals surface area (Å²) in [7, 11) is -8.91. The summed E-state index contributed by atoms with van der Waals surface area (Å²) in [6.45, 7) is 7.55. The van der Waals surface area contributed by atoms with Crippen LogP contribution in [0.25, 0.3) is 10.1 Å². The highest BCUT2D eigenvalue weighted by Crippen LogP contribution is 2.43.